The van der Waals surface area contributed by atoms with Gasteiger partial charge in [0, 0.05) is 12.5 Å². The van der Waals surface area contributed by atoms with Crippen molar-refractivity contribution in [2.24, 2.45) is 0 Å². The van der Waals surface area contributed by atoms with Gasteiger partial charge in [-0.25, -0.2) is 9.69 Å². The number of unbranched alkanes of at least 4 members (excludes halogenated alkanes) is 3. The normalized spacial score (nSPS) is 17.8. The van der Waals surface area contributed by atoms with E-state index in [9.17, 15) is 4.79 Å². The summed E-state index contributed by atoms with van der Waals surface area (Å²) >= 11 is 0. The number of carbonyl (C=O) groups excluding carboxylic acids is 1. The Labute approximate surface area is 114 Å². The number of ether oxygens (including phenoxy) is 1. The number of rotatable bonds is 4. The Morgan fingerprint density at radius 1 is 1.32 bits per heavy atom. The van der Waals surface area contributed by atoms with Gasteiger partial charge in [0.25, 0.3) is 0 Å². The fraction of sp³-hybridized carbons (Fsp3) is 0.438. The van der Waals surface area contributed by atoms with E-state index in [2.05, 4.69) is 18.9 Å². The minimum absolute atomic E-state index is 0.0765. The summed E-state index contributed by atoms with van der Waals surface area (Å²) < 4.78 is 5.10. The largest absolute Gasteiger partial charge is 0.446 e. The molecular formula is C16H19NO2. The molecule has 0 saturated carbocycles. The maximum atomic E-state index is 11.7. The molecule has 0 aliphatic carbocycles. The number of benzene rings is 1. The van der Waals surface area contributed by atoms with Crippen molar-refractivity contribution in [3.05, 3.63) is 35.9 Å². The smallest absolute Gasteiger partial charge is 0.422 e. The van der Waals surface area contributed by atoms with Crippen molar-refractivity contribution in [1.29, 1.82) is 0 Å². The Kier molecular flexibility index (Phi) is 4.85. The molecule has 0 unspecified atom stereocenters. The van der Waals surface area contributed by atoms with Gasteiger partial charge in [0.1, 0.15) is 12.6 Å². The zero-order valence-corrected chi connectivity index (χ0v) is 11.3. The second kappa shape index (κ2) is 6.84. The van der Waals surface area contributed by atoms with Crippen molar-refractivity contribution >= 4 is 6.09 Å². The molecule has 0 radical (unpaired) electrons. The quantitative estimate of drug-likeness (QED) is 0.607. The summed E-state index contributed by atoms with van der Waals surface area (Å²) in [7, 11) is 0. The molecule has 2 rings (SSSR count). The number of cyclic esters (lactones) is 1. The first-order valence-corrected chi connectivity index (χ1v) is 6.82. The number of hydrogen-bond donors (Lipinski definition) is 0. The lowest BCUT2D eigenvalue weighted by Crippen LogP contribution is -2.22. The fourth-order valence-corrected chi connectivity index (χ4v) is 2.07. The van der Waals surface area contributed by atoms with Gasteiger partial charge in [-0.1, -0.05) is 56.0 Å². The molecule has 1 saturated heterocycles. The minimum atomic E-state index is -0.336. The van der Waals surface area contributed by atoms with Crippen LogP contribution in [0.1, 0.15) is 44.2 Å². The van der Waals surface area contributed by atoms with Crippen LogP contribution in [0.4, 0.5) is 4.79 Å². The molecule has 1 heterocycles. The Hall–Kier alpha value is -1.95. The molecule has 1 aromatic carbocycles. The molecular weight excluding hydrogens is 238 g/mol. The first kappa shape index (κ1) is 13.5. The predicted octanol–water partition coefficient (Wildman–Crippen LogP) is 3.72. The van der Waals surface area contributed by atoms with E-state index in [1.54, 1.807) is 0 Å². The van der Waals surface area contributed by atoms with Crippen LogP contribution < -0.4 is 0 Å². The van der Waals surface area contributed by atoms with Gasteiger partial charge in [0.15, 0.2) is 0 Å². The lowest BCUT2D eigenvalue weighted by Gasteiger charge is -2.14. The molecule has 0 bridgehead atoms. The van der Waals surface area contributed by atoms with E-state index in [4.69, 9.17) is 4.74 Å². The molecule has 1 aliphatic heterocycles. The summed E-state index contributed by atoms with van der Waals surface area (Å²) in [6.07, 6.45) is 3.94. The highest BCUT2D eigenvalue weighted by Gasteiger charge is 2.33. The Morgan fingerprint density at radius 2 is 2.11 bits per heavy atom. The summed E-state index contributed by atoms with van der Waals surface area (Å²) in [4.78, 5) is 13.2. The monoisotopic (exact) mass is 257 g/mol. The van der Waals surface area contributed by atoms with Gasteiger partial charge in [-0.05, 0) is 12.0 Å². The van der Waals surface area contributed by atoms with E-state index >= 15 is 0 Å². The molecule has 3 nitrogen and oxygen atoms in total. The van der Waals surface area contributed by atoms with E-state index < -0.39 is 0 Å². The molecule has 19 heavy (non-hydrogen) atoms. The first-order valence-electron chi connectivity index (χ1n) is 6.82. The summed E-state index contributed by atoms with van der Waals surface area (Å²) in [6, 6.07) is 12.8. The Balaban J connectivity index is 2.02. The highest BCUT2D eigenvalue weighted by atomic mass is 16.6. The average molecular weight is 257 g/mol. The number of hydrogen-bond acceptors (Lipinski definition) is 2. The van der Waals surface area contributed by atoms with Gasteiger partial charge in [-0.3, -0.25) is 0 Å². The SMILES string of the molecule is CCCCCC#CN1C(=O)OC[C@@H]1c1ccccc1. The van der Waals surface area contributed by atoms with Gasteiger partial charge in [0.2, 0.25) is 0 Å². The third kappa shape index (κ3) is 3.51. The van der Waals surface area contributed by atoms with Crippen LogP contribution in [-0.2, 0) is 4.74 Å². The topological polar surface area (TPSA) is 29.5 Å². The van der Waals surface area contributed by atoms with Crippen molar-refractivity contribution in [3.63, 3.8) is 0 Å². The molecule has 100 valence electrons. The van der Waals surface area contributed by atoms with E-state index in [1.807, 2.05) is 30.3 Å². The standard InChI is InChI=1S/C16H19NO2/c1-2-3-4-5-9-12-17-15(13-19-16(17)18)14-10-7-6-8-11-14/h6-8,10-11,15H,2-5,13H2,1H3/t15-/m1/s1. The van der Waals surface area contributed by atoms with Crippen LogP contribution in [0.5, 0.6) is 0 Å². The first-order chi connectivity index (χ1) is 9.33. The molecule has 1 aromatic rings. The van der Waals surface area contributed by atoms with Crippen molar-refractivity contribution in [2.45, 2.75) is 38.6 Å². The van der Waals surface area contributed by atoms with Gasteiger partial charge in [-0.2, -0.15) is 0 Å². The van der Waals surface area contributed by atoms with Gasteiger partial charge < -0.3 is 4.74 Å². The van der Waals surface area contributed by atoms with Crippen LogP contribution >= 0.6 is 0 Å². The van der Waals surface area contributed by atoms with Crippen molar-refractivity contribution in [1.82, 2.24) is 4.90 Å². The minimum Gasteiger partial charge on any atom is -0.446 e. The highest BCUT2D eigenvalue weighted by molar-refractivity contribution is 5.72. The van der Waals surface area contributed by atoms with Crippen LogP contribution in [0.25, 0.3) is 0 Å². The number of carbonyl (C=O) groups is 1. The molecule has 0 aromatic heterocycles. The molecule has 1 atom stereocenters. The van der Waals surface area contributed by atoms with Crippen LogP contribution in [0.15, 0.2) is 30.3 Å². The fourth-order valence-electron chi connectivity index (χ4n) is 2.07. The van der Waals surface area contributed by atoms with Crippen LogP contribution in [0.3, 0.4) is 0 Å². The Morgan fingerprint density at radius 3 is 2.84 bits per heavy atom. The molecule has 1 fully saturated rings. The average Bonchev–Trinajstić information content (AvgIpc) is 2.81. The molecule has 0 N–H and O–H groups in total. The van der Waals surface area contributed by atoms with Crippen molar-refractivity contribution in [3.8, 4) is 12.0 Å². The highest BCUT2D eigenvalue weighted by Crippen LogP contribution is 2.26. The van der Waals surface area contributed by atoms with E-state index in [1.165, 1.54) is 17.7 Å². The third-order valence-corrected chi connectivity index (χ3v) is 3.16. The number of amides is 1. The van der Waals surface area contributed by atoms with Gasteiger partial charge in [0.05, 0.1) is 0 Å². The van der Waals surface area contributed by atoms with Crippen LogP contribution in [0, 0.1) is 12.0 Å². The van der Waals surface area contributed by atoms with Crippen LogP contribution in [-0.4, -0.2) is 17.6 Å². The lowest BCUT2D eigenvalue weighted by molar-refractivity contribution is 0.167. The van der Waals surface area contributed by atoms with E-state index in [0.717, 1.165) is 18.4 Å². The van der Waals surface area contributed by atoms with Crippen LogP contribution in [0.2, 0.25) is 0 Å². The summed E-state index contributed by atoms with van der Waals surface area (Å²) in [6.45, 7) is 2.54. The second-order valence-corrected chi connectivity index (χ2v) is 4.62. The zero-order valence-electron chi connectivity index (χ0n) is 11.3. The number of nitrogens with zero attached hydrogens (tertiary/aromatic N) is 1. The predicted molar refractivity (Wildman–Crippen MR) is 74.3 cm³/mol. The van der Waals surface area contributed by atoms with E-state index in [-0.39, 0.29) is 12.1 Å². The maximum absolute atomic E-state index is 11.7. The zero-order chi connectivity index (χ0) is 13.5. The lowest BCUT2D eigenvalue weighted by atomic mass is 10.1. The molecule has 1 amide bonds. The van der Waals surface area contributed by atoms with E-state index in [0.29, 0.717) is 6.61 Å². The molecule has 0 spiro atoms. The summed E-state index contributed by atoms with van der Waals surface area (Å²) in [5, 5.41) is 0. The third-order valence-electron chi connectivity index (χ3n) is 3.16. The van der Waals surface area contributed by atoms with Gasteiger partial charge >= 0.3 is 6.09 Å². The summed E-state index contributed by atoms with van der Waals surface area (Å²) in [5.74, 6) is 3.07. The van der Waals surface area contributed by atoms with Gasteiger partial charge in [-0.15, -0.1) is 0 Å². The second-order valence-electron chi connectivity index (χ2n) is 4.62. The summed E-state index contributed by atoms with van der Waals surface area (Å²) in [5.41, 5.74) is 1.07. The van der Waals surface area contributed by atoms with Crippen molar-refractivity contribution in [2.75, 3.05) is 6.61 Å². The Bertz CT molecular complexity index is 473. The molecule has 3 heteroatoms. The maximum Gasteiger partial charge on any atom is 0.422 e. The van der Waals surface area contributed by atoms with Crippen molar-refractivity contribution < 1.29 is 9.53 Å². The molecule has 1 aliphatic rings.